The van der Waals surface area contributed by atoms with Crippen molar-refractivity contribution in [1.29, 1.82) is 0 Å². The number of hydrogen-bond acceptors (Lipinski definition) is 3. The molecule has 5 heteroatoms. The fraction of sp³-hybridized carbons (Fsp3) is 0.368. The highest BCUT2D eigenvalue weighted by molar-refractivity contribution is 9.10. The lowest BCUT2D eigenvalue weighted by molar-refractivity contribution is 0.268. The van der Waals surface area contributed by atoms with Gasteiger partial charge in [0.15, 0.2) is 11.5 Å². The van der Waals surface area contributed by atoms with E-state index in [-0.39, 0.29) is 5.82 Å². The van der Waals surface area contributed by atoms with Crippen molar-refractivity contribution < 1.29 is 13.9 Å². The van der Waals surface area contributed by atoms with Gasteiger partial charge in [0.2, 0.25) is 0 Å². The van der Waals surface area contributed by atoms with E-state index in [1.807, 2.05) is 19.1 Å². The lowest BCUT2D eigenvalue weighted by atomic mass is 10.2. The summed E-state index contributed by atoms with van der Waals surface area (Å²) in [7, 11) is 0. The molecule has 3 nitrogen and oxygen atoms in total. The number of hydrogen-bond donors (Lipinski definition) is 1. The number of nitrogens with one attached hydrogen (secondary N) is 1. The van der Waals surface area contributed by atoms with Crippen LogP contribution < -0.4 is 14.8 Å². The molecule has 24 heavy (non-hydrogen) atoms. The summed E-state index contributed by atoms with van der Waals surface area (Å²) in [5.41, 5.74) is 2.03. The van der Waals surface area contributed by atoms with Gasteiger partial charge in [0.05, 0.1) is 6.61 Å². The summed E-state index contributed by atoms with van der Waals surface area (Å²) in [5.74, 6) is 1.14. The summed E-state index contributed by atoms with van der Waals surface area (Å²) in [5, 5.41) is 3.38. The van der Waals surface area contributed by atoms with Crippen LogP contribution in [0, 0.1) is 5.82 Å². The van der Waals surface area contributed by atoms with Crippen LogP contribution in [0.3, 0.4) is 0 Å². The van der Waals surface area contributed by atoms with E-state index in [4.69, 9.17) is 9.47 Å². The van der Waals surface area contributed by atoms with Crippen molar-refractivity contribution in [2.24, 2.45) is 0 Å². The fourth-order valence-electron chi connectivity index (χ4n) is 2.24. The topological polar surface area (TPSA) is 30.5 Å². The van der Waals surface area contributed by atoms with Crippen molar-refractivity contribution in [3.63, 3.8) is 0 Å². The van der Waals surface area contributed by atoms with E-state index in [2.05, 4.69) is 28.2 Å². The minimum atomic E-state index is -0.250. The normalized spacial score (nSPS) is 10.7. The summed E-state index contributed by atoms with van der Waals surface area (Å²) >= 11 is 3.60. The lowest BCUT2D eigenvalue weighted by Crippen LogP contribution is -2.14. The molecule has 0 heterocycles. The van der Waals surface area contributed by atoms with E-state index in [0.717, 1.165) is 40.9 Å². The van der Waals surface area contributed by atoms with Gasteiger partial charge in [-0.05, 0) is 55.3 Å². The maximum Gasteiger partial charge on any atom is 0.162 e. The number of halogens is 2. The molecule has 0 fully saturated rings. The Hall–Kier alpha value is -1.59. The van der Waals surface area contributed by atoms with Gasteiger partial charge in [-0.15, -0.1) is 0 Å². The van der Waals surface area contributed by atoms with Gasteiger partial charge in [0.25, 0.3) is 0 Å². The predicted octanol–water partition coefficient (Wildman–Crippen LogP) is 5.07. The van der Waals surface area contributed by atoms with Gasteiger partial charge in [-0.2, -0.15) is 0 Å². The Morgan fingerprint density at radius 3 is 2.42 bits per heavy atom. The van der Waals surface area contributed by atoms with Gasteiger partial charge in [-0.3, -0.25) is 0 Å². The van der Waals surface area contributed by atoms with Gasteiger partial charge in [0, 0.05) is 11.0 Å². The van der Waals surface area contributed by atoms with Gasteiger partial charge >= 0.3 is 0 Å². The summed E-state index contributed by atoms with van der Waals surface area (Å²) in [6.45, 7) is 6.75. The second-order valence-corrected chi connectivity index (χ2v) is 6.27. The van der Waals surface area contributed by atoms with Crippen LogP contribution in [0.25, 0.3) is 0 Å². The molecule has 0 saturated heterocycles. The fourth-order valence-corrected chi connectivity index (χ4v) is 2.70. The van der Waals surface area contributed by atoms with Gasteiger partial charge < -0.3 is 14.8 Å². The highest BCUT2D eigenvalue weighted by atomic mass is 79.9. The van der Waals surface area contributed by atoms with E-state index in [1.165, 1.54) is 12.1 Å². The van der Waals surface area contributed by atoms with Crippen LogP contribution in [0.5, 0.6) is 11.5 Å². The molecule has 0 amide bonds. The molecule has 130 valence electrons. The molecule has 0 atom stereocenters. The SMILES string of the molecule is CCCNCc1cc(OCC)c(OCc2ccc(F)cc2)cc1Br. The van der Waals surface area contributed by atoms with Crippen molar-refractivity contribution in [2.75, 3.05) is 13.2 Å². The first-order valence-corrected chi connectivity index (χ1v) is 8.96. The van der Waals surface area contributed by atoms with E-state index in [1.54, 1.807) is 12.1 Å². The quantitative estimate of drug-likeness (QED) is 0.601. The third-order valence-corrected chi connectivity index (χ3v) is 4.20. The van der Waals surface area contributed by atoms with Gasteiger partial charge in [-0.25, -0.2) is 4.39 Å². The van der Waals surface area contributed by atoms with Crippen LogP contribution in [-0.2, 0) is 13.2 Å². The first-order valence-electron chi connectivity index (χ1n) is 8.17. The summed E-state index contributed by atoms with van der Waals surface area (Å²) in [6, 6.07) is 10.2. The van der Waals surface area contributed by atoms with Crippen LogP contribution in [-0.4, -0.2) is 13.2 Å². The number of rotatable bonds is 9. The Balaban J connectivity index is 2.12. The molecular formula is C19H23BrFNO2. The molecule has 0 bridgehead atoms. The second-order valence-electron chi connectivity index (χ2n) is 5.42. The molecular weight excluding hydrogens is 373 g/mol. The Labute approximate surface area is 151 Å². The highest BCUT2D eigenvalue weighted by Crippen LogP contribution is 2.34. The molecule has 2 aromatic carbocycles. The molecule has 0 radical (unpaired) electrons. The molecule has 0 aliphatic rings. The average Bonchev–Trinajstić information content (AvgIpc) is 2.58. The van der Waals surface area contributed by atoms with E-state index in [9.17, 15) is 4.39 Å². The molecule has 0 spiro atoms. The Bertz CT molecular complexity index is 647. The van der Waals surface area contributed by atoms with Gasteiger partial charge in [0.1, 0.15) is 12.4 Å². The Morgan fingerprint density at radius 1 is 1.04 bits per heavy atom. The first-order chi connectivity index (χ1) is 11.6. The van der Waals surface area contributed by atoms with Crippen molar-refractivity contribution in [1.82, 2.24) is 5.32 Å². The average molecular weight is 396 g/mol. The number of benzene rings is 2. The van der Waals surface area contributed by atoms with Crippen LogP contribution in [0.4, 0.5) is 4.39 Å². The number of ether oxygens (including phenoxy) is 2. The zero-order valence-corrected chi connectivity index (χ0v) is 15.7. The monoisotopic (exact) mass is 395 g/mol. The van der Waals surface area contributed by atoms with Crippen molar-refractivity contribution in [3.05, 3.63) is 57.8 Å². The molecule has 0 aliphatic carbocycles. The Kier molecular flexibility index (Phi) is 7.53. The van der Waals surface area contributed by atoms with Gasteiger partial charge in [-0.1, -0.05) is 35.0 Å². The largest absolute Gasteiger partial charge is 0.490 e. The zero-order chi connectivity index (χ0) is 17.4. The van der Waals surface area contributed by atoms with E-state index >= 15 is 0 Å². The molecule has 0 aliphatic heterocycles. The maximum atomic E-state index is 13.0. The zero-order valence-electron chi connectivity index (χ0n) is 14.1. The molecule has 0 aromatic heterocycles. The summed E-state index contributed by atoms with van der Waals surface area (Å²) < 4.78 is 25.5. The predicted molar refractivity (Wildman–Crippen MR) is 98.0 cm³/mol. The molecule has 2 rings (SSSR count). The third kappa shape index (κ3) is 5.49. The highest BCUT2D eigenvalue weighted by Gasteiger charge is 2.11. The second kappa shape index (κ2) is 9.64. The van der Waals surface area contributed by atoms with E-state index in [0.29, 0.717) is 19.0 Å². The van der Waals surface area contributed by atoms with Crippen LogP contribution >= 0.6 is 15.9 Å². The van der Waals surface area contributed by atoms with Crippen molar-refractivity contribution in [2.45, 2.75) is 33.4 Å². The summed E-state index contributed by atoms with van der Waals surface area (Å²) in [6.07, 6.45) is 1.09. The minimum absolute atomic E-state index is 0.250. The molecule has 0 saturated carbocycles. The standard InChI is InChI=1S/C19H23BrFNO2/c1-3-9-22-12-15-10-18(23-4-2)19(11-17(15)20)24-13-14-5-7-16(21)8-6-14/h5-8,10-11,22H,3-4,9,12-13H2,1-2H3. The Morgan fingerprint density at radius 2 is 1.75 bits per heavy atom. The van der Waals surface area contributed by atoms with Crippen LogP contribution in [0.15, 0.2) is 40.9 Å². The molecule has 1 N–H and O–H groups in total. The smallest absolute Gasteiger partial charge is 0.162 e. The first kappa shape index (κ1) is 18.7. The van der Waals surface area contributed by atoms with E-state index < -0.39 is 0 Å². The summed E-state index contributed by atoms with van der Waals surface area (Å²) in [4.78, 5) is 0. The van der Waals surface area contributed by atoms with Crippen molar-refractivity contribution >= 4 is 15.9 Å². The van der Waals surface area contributed by atoms with Crippen LogP contribution in [0.2, 0.25) is 0 Å². The van der Waals surface area contributed by atoms with Crippen molar-refractivity contribution in [3.8, 4) is 11.5 Å². The third-order valence-electron chi connectivity index (χ3n) is 3.46. The molecule has 2 aromatic rings. The van der Waals surface area contributed by atoms with Crippen LogP contribution in [0.1, 0.15) is 31.4 Å². The lowest BCUT2D eigenvalue weighted by Gasteiger charge is -2.15. The minimum Gasteiger partial charge on any atom is -0.490 e. The molecule has 0 unspecified atom stereocenters. The maximum absolute atomic E-state index is 13.0.